The maximum atomic E-state index is 4.62. The van der Waals surface area contributed by atoms with Crippen LogP contribution in [0.15, 0.2) is 52.4 Å². The molecule has 0 aliphatic heterocycles. The van der Waals surface area contributed by atoms with Crippen LogP contribution < -0.4 is 10.6 Å². The number of rotatable bonds is 8. The van der Waals surface area contributed by atoms with Crippen molar-refractivity contribution >= 4 is 38.9 Å². The van der Waals surface area contributed by atoms with Crippen molar-refractivity contribution in [1.82, 2.24) is 15.3 Å². The predicted molar refractivity (Wildman–Crippen MR) is 109 cm³/mol. The molecule has 0 saturated carbocycles. The Hall–Kier alpha value is -1.76. The van der Waals surface area contributed by atoms with Crippen molar-refractivity contribution in [3.05, 3.63) is 58.0 Å². The van der Waals surface area contributed by atoms with Gasteiger partial charge in [-0.15, -0.1) is 11.3 Å². The lowest BCUT2D eigenvalue weighted by Crippen LogP contribution is -2.14. The summed E-state index contributed by atoms with van der Waals surface area (Å²) in [6.45, 7) is 4.13. The molecule has 6 heteroatoms. The number of unbranched alkanes of at least 4 members (excludes halogenated alkanes) is 1. The Kier molecular flexibility index (Phi) is 6.55. The van der Waals surface area contributed by atoms with Gasteiger partial charge in [-0.05, 0) is 64.8 Å². The molecule has 0 amide bonds. The molecule has 2 N–H and O–H groups in total. The van der Waals surface area contributed by atoms with Gasteiger partial charge in [-0.2, -0.15) is 0 Å². The van der Waals surface area contributed by atoms with Gasteiger partial charge in [0.15, 0.2) is 0 Å². The zero-order valence-corrected chi connectivity index (χ0v) is 16.5. The number of nitrogens with one attached hydrogen (secondary N) is 2. The summed E-state index contributed by atoms with van der Waals surface area (Å²) < 4.78 is 1.10. The minimum atomic E-state index is 0.609. The van der Waals surface area contributed by atoms with Crippen molar-refractivity contribution in [1.29, 1.82) is 0 Å². The first-order valence-electron chi connectivity index (χ1n) is 8.40. The number of aromatic nitrogens is 2. The van der Waals surface area contributed by atoms with Crippen molar-refractivity contribution in [2.45, 2.75) is 26.3 Å². The molecule has 0 aliphatic carbocycles. The minimum absolute atomic E-state index is 0.609. The van der Waals surface area contributed by atoms with Gasteiger partial charge >= 0.3 is 0 Å². The van der Waals surface area contributed by atoms with Gasteiger partial charge in [0.05, 0.1) is 14.4 Å². The molecular formula is C19H21BrN4S. The molecule has 0 fully saturated rings. The van der Waals surface area contributed by atoms with Crippen molar-refractivity contribution in [2.24, 2.45) is 0 Å². The standard InChI is InChI=1S/C19H21BrN4S/c1-2-3-10-21-13-14-5-4-6-15(12-14)23-19-22-11-9-16(24-19)17-7-8-18(20)25-17/h4-9,11-12,21H,2-3,10,13H2,1H3,(H,22,23,24). The molecule has 130 valence electrons. The normalized spacial score (nSPS) is 10.8. The van der Waals surface area contributed by atoms with E-state index in [0.29, 0.717) is 5.95 Å². The van der Waals surface area contributed by atoms with Crippen molar-refractivity contribution in [3.63, 3.8) is 0 Å². The molecule has 0 aliphatic rings. The first kappa shape index (κ1) is 18.0. The van der Waals surface area contributed by atoms with Crippen LogP contribution in [-0.2, 0) is 6.54 Å². The number of hydrogen-bond donors (Lipinski definition) is 2. The van der Waals surface area contributed by atoms with Crippen molar-refractivity contribution < 1.29 is 0 Å². The van der Waals surface area contributed by atoms with E-state index in [1.165, 1.54) is 18.4 Å². The molecule has 2 heterocycles. The molecule has 2 aromatic heterocycles. The third-order valence-electron chi connectivity index (χ3n) is 3.70. The van der Waals surface area contributed by atoms with E-state index in [1.54, 1.807) is 17.5 Å². The van der Waals surface area contributed by atoms with E-state index in [0.717, 1.165) is 33.1 Å². The minimum Gasteiger partial charge on any atom is -0.324 e. The van der Waals surface area contributed by atoms with Crippen LogP contribution in [0.25, 0.3) is 10.6 Å². The van der Waals surface area contributed by atoms with Gasteiger partial charge in [0.2, 0.25) is 5.95 Å². The van der Waals surface area contributed by atoms with E-state index in [4.69, 9.17) is 0 Å². The molecule has 0 atom stereocenters. The Bertz CT molecular complexity index is 818. The van der Waals surface area contributed by atoms with Crippen LogP contribution in [0.4, 0.5) is 11.6 Å². The maximum Gasteiger partial charge on any atom is 0.227 e. The summed E-state index contributed by atoms with van der Waals surface area (Å²) in [5, 5.41) is 6.77. The van der Waals surface area contributed by atoms with Crippen LogP contribution in [0, 0.1) is 0 Å². The highest BCUT2D eigenvalue weighted by molar-refractivity contribution is 9.11. The molecule has 3 rings (SSSR count). The van der Waals surface area contributed by atoms with Crippen LogP contribution in [-0.4, -0.2) is 16.5 Å². The lowest BCUT2D eigenvalue weighted by Gasteiger charge is -2.09. The van der Waals surface area contributed by atoms with Crippen LogP contribution in [0.3, 0.4) is 0 Å². The SMILES string of the molecule is CCCCNCc1cccc(Nc2nccc(-c3ccc(Br)s3)n2)c1. The number of thiophene rings is 1. The van der Waals surface area contributed by atoms with E-state index in [1.807, 2.05) is 18.2 Å². The molecule has 0 radical (unpaired) electrons. The smallest absolute Gasteiger partial charge is 0.227 e. The average molecular weight is 417 g/mol. The van der Waals surface area contributed by atoms with E-state index in [-0.39, 0.29) is 0 Å². The maximum absolute atomic E-state index is 4.62. The topological polar surface area (TPSA) is 49.8 Å². The van der Waals surface area contributed by atoms with Gasteiger partial charge in [0.1, 0.15) is 0 Å². The van der Waals surface area contributed by atoms with Gasteiger partial charge in [-0.1, -0.05) is 25.5 Å². The van der Waals surface area contributed by atoms with Gasteiger partial charge in [0.25, 0.3) is 0 Å². The lowest BCUT2D eigenvalue weighted by atomic mass is 10.2. The summed E-state index contributed by atoms with van der Waals surface area (Å²) in [6.07, 6.45) is 4.20. The van der Waals surface area contributed by atoms with Gasteiger partial charge in [0, 0.05) is 18.4 Å². The number of anilines is 2. The fraction of sp³-hybridized carbons (Fsp3) is 0.263. The third kappa shape index (κ3) is 5.36. The molecular weight excluding hydrogens is 396 g/mol. The highest BCUT2D eigenvalue weighted by atomic mass is 79.9. The quantitative estimate of drug-likeness (QED) is 0.469. The Morgan fingerprint density at radius 3 is 2.88 bits per heavy atom. The summed E-state index contributed by atoms with van der Waals surface area (Å²) in [6, 6.07) is 14.4. The molecule has 0 spiro atoms. The number of nitrogens with zero attached hydrogens (tertiary/aromatic N) is 2. The summed E-state index contributed by atoms with van der Waals surface area (Å²) in [7, 11) is 0. The fourth-order valence-corrected chi connectivity index (χ4v) is 3.79. The molecule has 25 heavy (non-hydrogen) atoms. The van der Waals surface area contributed by atoms with Crippen LogP contribution >= 0.6 is 27.3 Å². The Morgan fingerprint density at radius 2 is 2.08 bits per heavy atom. The monoisotopic (exact) mass is 416 g/mol. The Morgan fingerprint density at radius 1 is 1.16 bits per heavy atom. The van der Waals surface area contributed by atoms with E-state index in [2.05, 4.69) is 67.7 Å². The highest BCUT2D eigenvalue weighted by Gasteiger charge is 2.05. The average Bonchev–Trinajstić information content (AvgIpc) is 3.06. The molecule has 1 aromatic carbocycles. The van der Waals surface area contributed by atoms with Crippen molar-refractivity contribution in [2.75, 3.05) is 11.9 Å². The fourth-order valence-electron chi connectivity index (χ4n) is 2.43. The van der Waals surface area contributed by atoms with E-state index < -0.39 is 0 Å². The molecule has 3 aromatic rings. The Balaban J connectivity index is 1.68. The van der Waals surface area contributed by atoms with Gasteiger partial charge < -0.3 is 10.6 Å². The first-order valence-corrected chi connectivity index (χ1v) is 10.0. The van der Waals surface area contributed by atoms with Crippen LogP contribution in [0.1, 0.15) is 25.3 Å². The van der Waals surface area contributed by atoms with E-state index in [9.17, 15) is 0 Å². The summed E-state index contributed by atoms with van der Waals surface area (Å²) in [4.78, 5) is 10.1. The molecule has 0 bridgehead atoms. The summed E-state index contributed by atoms with van der Waals surface area (Å²) in [5.74, 6) is 0.609. The second-order valence-electron chi connectivity index (χ2n) is 5.72. The number of hydrogen-bond acceptors (Lipinski definition) is 5. The summed E-state index contributed by atoms with van der Waals surface area (Å²) in [5.41, 5.74) is 3.17. The zero-order chi connectivity index (χ0) is 17.5. The van der Waals surface area contributed by atoms with Gasteiger partial charge in [-0.25, -0.2) is 9.97 Å². The summed E-state index contributed by atoms with van der Waals surface area (Å²) >= 11 is 5.16. The van der Waals surface area contributed by atoms with Crippen LogP contribution in [0.5, 0.6) is 0 Å². The predicted octanol–water partition coefficient (Wildman–Crippen LogP) is 5.60. The molecule has 0 saturated heterocycles. The zero-order valence-electron chi connectivity index (χ0n) is 14.1. The van der Waals surface area contributed by atoms with Gasteiger partial charge in [-0.3, -0.25) is 0 Å². The largest absolute Gasteiger partial charge is 0.324 e. The Labute approximate surface area is 160 Å². The lowest BCUT2D eigenvalue weighted by molar-refractivity contribution is 0.641. The number of halogens is 1. The first-order chi connectivity index (χ1) is 12.2. The second-order valence-corrected chi connectivity index (χ2v) is 8.19. The highest BCUT2D eigenvalue weighted by Crippen LogP contribution is 2.30. The third-order valence-corrected chi connectivity index (χ3v) is 5.35. The molecule has 0 unspecified atom stereocenters. The van der Waals surface area contributed by atoms with Crippen molar-refractivity contribution in [3.8, 4) is 10.6 Å². The number of benzene rings is 1. The van der Waals surface area contributed by atoms with Crippen LogP contribution in [0.2, 0.25) is 0 Å². The molecule has 4 nitrogen and oxygen atoms in total. The second kappa shape index (κ2) is 9.08. The van der Waals surface area contributed by atoms with E-state index >= 15 is 0 Å².